The molecule has 0 bridgehead atoms. The van der Waals surface area contributed by atoms with Crippen LogP contribution in [-0.2, 0) is 16.9 Å². The van der Waals surface area contributed by atoms with Gasteiger partial charge in [0.15, 0.2) is 11.4 Å². The molecule has 172 valence electrons. The van der Waals surface area contributed by atoms with Gasteiger partial charge in [-0.15, -0.1) is 0 Å². The summed E-state index contributed by atoms with van der Waals surface area (Å²) in [5.41, 5.74) is 1.92. The molecule has 35 heavy (non-hydrogen) atoms. The number of fused-ring (bicyclic) bond motifs is 2. The minimum absolute atomic E-state index is 0.0757. The van der Waals surface area contributed by atoms with Crippen LogP contribution in [0, 0.1) is 5.82 Å². The van der Waals surface area contributed by atoms with E-state index in [0.29, 0.717) is 16.3 Å². The van der Waals surface area contributed by atoms with Gasteiger partial charge in [-0.2, -0.15) is 0 Å². The fourth-order valence-corrected chi connectivity index (χ4v) is 4.69. The van der Waals surface area contributed by atoms with E-state index in [-0.39, 0.29) is 12.4 Å². The molecule has 0 unspecified atom stereocenters. The second-order valence-electron chi connectivity index (χ2n) is 8.61. The number of imide groups is 1. The van der Waals surface area contributed by atoms with Crippen molar-refractivity contribution >= 4 is 33.6 Å². The summed E-state index contributed by atoms with van der Waals surface area (Å²) in [6.45, 7) is -0.0757. The number of nitrogens with one attached hydrogen (secondary N) is 2. The summed E-state index contributed by atoms with van der Waals surface area (Å²) in [5.74, 6) is -1.20. The third kappa shape index (κ3) is 3.38. The number of amides is 3. The first-order valence-electron chi connectivity index (χ1n) is 11.0. The molecule has 1 aliphatic heterocycles. The molecule has 3 amide bonds. The highest BCUT2D eigenvalue weighted by molar-refractivity contribution is 6.07. The Labute approximate surface area is 198 Å². The maximum absolute atomic E-state index is 13.7. The average molecular weight is 466 g/mol. The molecule has 1 aliphatic rings. The topological polar surface area (TPSA) is 96.2 Å². The van der Waals surface area contributed by atoms with Crippen molar-refractivity contribution in [3.63, 3.8) is 0 Å². The van der Waals surface area contributed by atoms with E-state index in [9.17, 15) is 19.1 Å². The standard InChI is InChI=1S/C27H19FN4O3/c28-21-9-5-19-14-32(24(33)22(19)13-21)15-27(25(34)30-26(35)31-27)20-7-3-16(4-8-20)17-6-10-23-18(12-17)2-1-11-29-23/h1-14,33H,15H2,(H2,30,31,34,35)/t27-/m0/s1. The zero-order valence-electron chi connectivity index (χ0n) is 18.3. The maximum atomic E-state index is 13.7. The van der Waals surface area contributed by atoms with Gasteiger partial charge in [-0.3, -0.25) is 15.1 Å². The summed E-state index contributed by atoms with van der Waals surface area (Å²) >= 11 is 0. The van der Waals surface area contributed by atoms with Crippen molar-refractivity contribution in [2.45, 2.75) is 12.1 Å². The SMILES string of the molecule is O=C1NC(=O)[C@](Cn2cc3ccc(F)cc3c2O)(c2ccc(-c3ccc4ncccc4c3)cc2)N1. The van der Waals surface area contributed by atoms with Gasteiger partial charge in [-0.1, -0.05) is 36.4 Å². The lowest BCUT2D eigenvalue weighted by molar-refractivity contribution is -0.124. The largest absolute Gasteiger partial charge is 0.494 e. The number of hydrogen-bond acceptors (Lipinski definition) is 4. The van der Waals surface area contributed by atoms with E-state index in [0.717, 1.165) is 22.0 Å². The molecule has 3 aromatic carbocycles. The number of carbonyl (C=O) groups is 2. The van der Waals surface area contributed by atoms with E-state index in [1.165, 1.54) is 16.7 Å². The Balaban J connectivity index is 1.40. The lowest BCUT2D eigenvalue weighted by Gasteiger charge is -2.27. The molecule has 2 aromatic heterocycles. The van der Waals surface area contributed by atoms with Gasteiger partial charge < -0.3 is 15.0 Å². The molecule has 6 rings (SSSR count). The molecule has 3 heterocycles. The first-order valence-corrected chi connectivity index (χ1v) is 11.0. The number of rotatable bonds is 4. The number of hydrogen-bond donors (Lipinski definition) is 3. The van der Waals surface area contributed by atoms with Crippen molar-refractivity contribution in [1.82, 2.24) is 20.2 Å². The summed E-state index contributed by atoms with van der Waals surface area (Å²) in [6, 6.07) is 20.6. The Hall–Kier alpha value is -4.72. The van der Waals surface area contributed by atoms with E-state index in [1.807, 2.05) is 42.5 Å². The van der Waals surface area contributed by atoms with E-state index in [1.54, 1.807) is 30.6 Å². The fraction of sp³-hybridized carbons (Fsp3) is 0.0741. The summed E-state index contributed by atoms with van der Waals surface area (Å²) in [6.07, 6.45) is 3.38. The van der Waals surface area contributed by atoms with Gasteiger partial charge in [-0.25, -0.2) is 9.18 Å². The van der Waals surface area contributed by atoms with Crippen LogP contribution in [0.25, 0.3) is 32.8 Å². The van der Waals surface area contributed by atoms with Crippen LogP contribution in [0.15, 0.2) is 85.2 Å². The zero-order valence-corrected chi connectivity index (χ0v) is 18.3. The van der Waals surface area contributed by atoms with Crippen LogP contribution in [0.2, 0.25) is 0 Å². The molecule has 1 fully saturated rings. The lowest BCUT2D eigenvalue weighted by atomic mass is 9.88. The number of aromatic nitrogens is 2. The summed E-state index contributed by atoms with van der Waals surface area (Å²) in [7, 11) is 0. The molecule has 1 atom stereocenters. The van der Waals surface area contributed by atoms with Crippen molar-refractivity contribution < 1.29 is 19.1 Å². The number of carbonyl (C=O) groups excluding carboxylic acids is 2. The molecule has 5 aromatic rings. The van der Waals surface area contributed by atoms with Crippen LogP contribution in [0.5, 0.6) is 5.88 Å². The molecular weight excluding hydrogens is 447 g/mol. The van der Waals surface area contributed by atoms with Gasteiger partial charge in [0.2, 0.25) is 0 Å². The van der Waals surface area contributed by atoms with Crippen LogP contribution >= 0.6 is 0 Å². The number of halogens is 1. The third-order valence-electron chi connectivity index (χ3n) is 6.49. The number of nitrogens with zero attached hydrogens (tertiary/aromatic N) is 2. The van der Waals surface area contributed by atoms with Crippen LogP contribution in [0.3, 0.4) is 0 Å². The molecular formula is C27H19FN4O3. The normalized spacial score (nSPS) is 17.6. The van der Waals surface area contributed by atoms with Gasteiger partial charge in [0, 0.05) is 28.6 Å². The smallest absolute Gasteiger partial charge is 0.322 e. The Morgan fingerprint density at radius 3 is 2.51 bits per heavy atom. The predicted octanol–water partition coefficient (Wildman–Crippen LogP) is 4.44. The Morgan fingerprint density at radius 1 is 0.943 bits per heavy atom. The van der Waals surface area contributed by atoms with Gasteiger partial charge in [0.25, 0.3) is 5.91 Å². The van der Waals surface area contributed by atoms with Gasteiger partial charge in [0.1, 0.15) is 5.82 Å². The minimum Gasteiger partial charge on any atom is -0.494 e. The molecule has 0 radical (unpaired) electrons. The predicted molar refractivity (Wildman–Crippen MR) is 129 cm³/mol. The van der Waals surface area contributed by atoms with Gasteiger partial charge >= 0.3 is 6.03 Å². The van der Waals surface area contributed by atoms with E-state index in [2.05, 4.69) is 15.6 Å². The Morgan fingerprint density at radius 2 is 1.74 bits per heavy atom. The van der Waals surface area contributed by atoms with Gasteiger partial charge in [0.05, 0.1) is 12.1 Å². The highest BCUT2D eigenvalue weighted by Crippen LogP contribution is 2.34. The molecule has 0 spiro atoms. The summed E-state index contributed by atoms with van der Waals surface area (Å²) in [4.78, 5) is 29.6. The zero-order chi connectivity index (χ0) is 24.2. The van der Waals surface area contributed by atoms with Crippen LogP contribution < -0.4 is 10.6 Å². The molecule has 0 aliphatic carbocycles. The van der Waals surface area contributed by atoms with Crippen molar-refractivity contribution in [1.29, 1.82) is 0 Å². The number of benzene rings is 3. The van der Waals surface area contributed by atoms with E-state index < -0.39 is 23.3 Å². The van der Waals surface area contributed by atoms with E-state index >= 15 is 0 Å². The summed E-state index contributed by atoms with van der Waals surface area (Å²) in [5, 5.41) is 17.7. The Bertz CT molecular complexity index is 1640. The van der Waals surface area contributed by atoms with Crippen LogP contribution in [-0.4, -0.2) is 26.6 Å². The van der Waals surface area contributed by atoms with Crippen molar-refractivity contribution in [3.8, 4) is 17.0 Å². The van der Waals surface area contributed by atoms with Crippen molar-refractivity contribution in [3.05, 3.63) is 96.6 Å². The van der Waals surface area contributed by atoms with Crippen molar-refractivity contribution in [2.75, 3.05) is 0 Å². The molecule has 1 saturated heterocycles. The first kappa shape index (κ1) is 20.9. The summed E-state index contributed by atoms with van der Waals surface area (Å²) < 4.78 is 15.1. The number of urea groups is 1. The second kappa shape index (κ2) is 7.66. The third-order valence-corrected chi connectivity index (χ3v) is 6.49. The average Bonchev–Trinajstić information content (AvgIpc) is 3.33. The molecule has 7 nitrogen and oxygen atoms in total. The fourth-order valence-electron chi connectivity index (χ4n) is 4.69. The molecule has 0 saturated carbocycles. The number of pyridine rings is 1. The second-order valence-corrected chi connectivity index (χ2v) is 8.61. The highest BCUT2D eigenvalue weighted by atomic mass is 19.1. The first-order chi connectivity index (χ1) is 16.9. The van der Waals surface area contributed by atoms with Crippen molar-refractivity contribution in [2.24, 2.45) is 0 Å². The molecule has 3 N–H and O–H groups in total. The number of aromatic hydroxyl groups is 1. The molecule has 8 heteroatoms. The van der Waals surface area contributed by atoms with E-state index in [4.69, 9.17) is 0 Å². The monoisotopic (exact) mass is 466 g/mol. The van der Waals surface area contributed by atoms with Crippen LogP contribution in [0.1, 0.15) is 5.56 Å². The van der Waals surface area contributed by atoms with Gasteiger partial charge in [-0.05, 0) is 53.1 Å². The Kier molecular flexibility index (Phi) is 4.57. The quantitative estimate of drug-likeness (QED) is 0.341. The van der Waals surface area contributed by atoms with Crippen LogP contribution in [0.4, 0.5) is 9.18 Å². The minimum atomic E-state index is -1.45. The highest BCUT2D eigenvalue weighted by Gasteiger charge is 2.48. The lowest BCUT2D eigenvalue weighted by Crippen LogP contribution is -2.47. The maximum Gasteiger partial charge on any atom is 0.322 e.